The van der Waals surface area contributed by atoms with Crippen molar-refractivity contribution in [3.05, 3.63) is 18.1 Å². The maximum absolute atomic E-state index is 2.29. The van der Waals surface area contributed by atoms with Crippen LogP contribution in [-0.4, -0.2) is 0 Å². The number of rotatable bonds is 5. The van der Waals surface area contributed by atoms with Gasteiger partial charge >= 0.3 is 0 Å². The SMILES string of the molecule is CCCCC=CC[C](C)C. The first kappa shape index (κ1) is 9.74. The predicted octanol–water partition coefficient (Wildman–Crippen LogP) is 3.74. The Labute approximate surface area is 65.3 Å². The largest absolute Gasteiger partial charge is 0.0885 e. The van der Waals surface area contributed by atoms with Crippen LogP contribution in [0.3, 0.4) is 0 Å². The molecule has 0 aliphatic rings. The summed E-state index contributed by atoms with van der Waals surface area (Å²) in [4.78, 5) is 0. The molecule has 0 saturated carbocycles. The number of allylic oxidation sites excluding steroid dienone is 2. The maximum atomic E-state index is 2.29. The fourth-order valence-electron chi connectivity index (χ4n) is 0.759. The Morgan fingerprint density at radius 3 is 2.40 bits per heavy atom. The zero-order valence-electron chi connectivity index (χ0n) is 7.48. The second-order valence-corrected chi connectivity index (χ2v) is 3.02. The Bertz CT molecular complexity index is 80.0. The Morgan fingerprint density at radius 2 is 1.90 bits per heavy atom. The number of hydrogen-bond acceptors (Lipinski definition) is 0. The van der Waals surface area contributed by atoms with Crippen molar-refractivity contribution in [1.82, 2.24) is 0 Å². The standard InChI is InChI=1S/C10H19/c1-4-5-6-7-8-9-10(2)3/h7-8H,4-6,9H2,1-3H3. The normalized spacial score (nSPS) is 11.6. The average molecular weight is 139 g/mol. The van der Waals surface area contributed by atoms with Crippen molar-refractivity contribution in [2.24, 2.45) is 0 Å². The molecule has 0 aromatic heterocycles. The van der Waals surface area contributed by atoms with Crippen LogP contribution in [0.25, 0.3) is 0 Å². The topological polar surface area (TPSA) is 0 Å². The smallest absolute Gasteiger partial charge is 0.0265 e. The highest BCUT2D eigenvalue weighted by molar-refractivity contribution is 4.92. The van der Waals surface area contributed by atoms with Crippen LogP contribution >= 0.6 is 0 Å². The molecular weight excluding hydrogens is 120 g/mol. The van der Waals surface area contributed by atoms with E-state index in [0.717, 1.165) is 6.42 Å². The van der Waals surface area contributed by atoms with Gasteiger partial charge in [0.25, 0.3) is 0 Å². The van der Waals surface area contributed by atoms with E-state index < -0.39 is 0 Å². The van der Waals surface area contributed by atoms with Crippen LogP contribution in [0.15, 0.2) is 12.2 Å². The molecular formula is C10H19. The first-order chi connectivity index (χ1) is 4.77. The van der Waals surface area contributed by atoms with E-state index in [9.17, 15) is 0 Å². The second kappa shape index (κ2) is 6.85. The molecule has 1 radical (unpaired) electrons. The number of hydrogen-bond donors (Lipinski definition) is 0. The van der Waals surface area contributed by atoms with Gasteiger partial charge in [0.1, 0.15) is 0 Å². The summed E-state index contributed by atoms with van der Waals surface area (Å²) >= 11 is 0. The Kier molecular flexibility index (Phi) is 6.68. The first-order valence-electron chi connectivity index (χ1n) is 4.21. The van der Waals surface area contributed by atoms with E-state index in [0.29, 0.717) is 0 Å². The third kappa shape index (κ3) is 7.74. The molecule has 0 aromatic rings. The molecule has 0 nitrogen and oxygen atoms in total. The zero-order valence-corrected chi connectivity index (χ0v) is 7.48. The van der Waals surface area contributed by atoms with Gasteiger partial charge in [-0.1, -0.05) is 45.8 Å². The summed E-state index contributed by atoms with van der Waals surface area (Å²) in [5, 5.41) is 0. The Morgan fingerprint density at radius 1 is 1.20 bits per heavy atom. The van der Waals surface area contributed by atoms with Gasteiger partial charge in [-0.2, -0.15) is 0 Å². The zero-order chi connectivity index (χ0) is 7.82. The Hall–Kier alpha value is -0.260. The van der Waals surface area contributed by atoms with Crippen molar-refractivity contribution in [2.75, 3.05) is 0 Å². The van der Waals surface area contributed by atoms with Crippen molar-refractivity contribution in [3.63, 3.8) is 0 Å². The quantitative estimate of drug-likeness (QED) is 0.402. The van der Waals surface area contributed by atoms with Crippen LogP contribution in [-0.2, 0) is 0 Å². The lowest BCUT2D eigenvalue weighted by Crippen LogP contribution is -1.78. The van der Waals surface area contributed by atoms with Gasteiger partial charge in [-0.15, -0.1) is 0 Å². The molecule has 0 unspecified atom stereocenters. The summed E-state index contributed by atoms with van der Waals surface area (Å²) in [5.74, 6) is 1.49. The molecule has 0 aliphatic heterocycles. The highest BCUT2D eigenvalue weighted by Crippen LogP contribution is 2.04. The van der Waals surface area contributed by atoms with Crippen molar-refractivity contribution < 1.29 is 0 Å². The van der Waals surface area contributed by atoms with Crippen molar-refractivity contribution in [1.29, 1.82) is 0 Å². The molecule has 0 amide bonds. The fraction of sp³-hybridized carbons (Fsp3) is 0.700. The maximum Gasteiger partial charge on any atom is -0.0265 e. The molecule has 10 heavy (non-hydrogen) atoms. The highest BCUT2D eigenvalue weighted by atomic mass is 13.9. The Balaban J connectivity index is 3.04. The van der Waals surface area contributed by atoms with Gasteiger partial charge in [0.15, 0.2) is 0 Å². The molecule has 0 heterocycles. The fourth-order valence-corrected chi connectivity index (χ4v) is 0.759. The monoisotopic (exact) mass is 139 g/mol. The average Bonchev–Trinajstić information content (AvgIpc) is 1.87. The number of unbranched alkanes of at least 4 members (excludes halogenated alkanes) is 2. The van der Waals surface area contributed by atoms with Crippen LogP contribution in [0.4, 0.5) is 0 Å². The van der Waals surface area contributed by atoms with Crippen LogP contribution in [0.2, 0.25) is 0 Å². The molecule has 0 heteroatoms. The lowest BCUT2D eigenvalue weighted by atomic mass is 10.1. The van der Waals surface area contributed by atoms with Crippen LogP contribution in [0, 0.1) is 5.92 Å². The minimum absolute atomic E-state index is 1.16. The highest BCUT2D eigenvalue weighted by Gasteiger charge is 1.86. The van der Waals surface area contributed by atoms with Crippen molar-refractivity contribution >= 4 is 0 Å². The van der Waals surface area contributed by atoms with Gasteiger partial charge in [-0.05, 0) is 18.8 Å². The molecule has 59 valence electrons. The van der Waals surface area contributed by atoms with Gasteiger partial charge < -0.3 is 0 Å². The third-order valence-electron chi connectivity index (χ3n) is 1.42. The molecule has 0 fully saturated rings. The van der Waals surface area contributed by atoms with Gasteiger partial charge in [-0.3, -0.25) is 0 Å². The summed E-state index contributed by atoms with van der Waals surface area (Å²) in [6.07, 6.45) is 9.60. The molecule has 0 rings (SSSR count). The first-order valence-corrected chi connectivity index (χ1v) is 4.21. The summed E-state index contributed by atoms with van der Waals surface area (Å²) in [6, 6.07) is 0. The minimum Gasteiger partial charge on any atom is -0.0885 e. The summed E-state index contributed by atoms with van der Waals surface area (Å²) in [7, 11) is 0. The van der Waals surface area contributed by atoms with E-state index in [4.69, 9.17) is 0 Å². The van der Waals surface area contributed by atoms with Crippen LogP contribution in [0.1, 0.15) is 46.5 Å². The molecule has 0 saturated heterocycles. The van der Waals surface area contributed by atoms with E-state index in [1.165, 1.54) is 25.2 Å². The van der Waals surface area contributed by atoms with Crippen LogP contribution in [0.5, 0.6) is 0 Å². The van der Waals surface area contributed by atoms with Gasteiger partial charge in [0.2, 0.25) is 0 Å². The van der Waals surface area contributed by atoms with Crippen molar-refractivity contribution in [3.8, 4) is 0 Å². The molecule has 0 bridgehead atoms. The predicted molar refractivity (Wildman–Crippen MR) is 47.9 cm³/mol. The molecule has 0 spiro atoms. The minimum atomic E-state index is 1.16. The van der Waals surface area contributed by atoms with Gasteiger partial charge in [-0.25, -0.2) is 0 Å². The molecule has 0 aliphatic carbocycles. The lowest BCUT2D eigenvalue weighted by molar-refractivity contribution is 0.811. The second-order valence-electron chi connectivity index (χ2n) is 3.02. The lowest BCUT2D eigenvalue weighted by Gasteiger charge is -1.95. The van der Waals surface area contributed by atoms with Gasteiger partial charge in [0.05, 0.1) is 0 Å². The van der Waals surface area contributed by atoms with E-state index in [1.54, 1.807) is 0 Å². The third-order valence-corrected chi connectivity index (χ3v) is 1.42. The molecule has 0 atom stereocenters. The molecule has 0 aromatic carbocycles. The summed E-state index contributed by atoms with van der Waals surface area (Å²) in [6.45, 7) is 6.57. The van der Waals surface area contributed by atoms with E-state index in [1.807, 2.05) is 0 Å². The summed E-state index contributed by atoms with van der Waals surface area (Å²) < 4.78 is 0. The molecule has 0 N–H and O–H groups in total. The van der Waals surface area contributed by atoms with Crippen LogP contribution < -0.4 is 0 Å². The van der Waals surface area contributed by atoms with E-state index in [-0.39, 0.29) is 0 Å². The van der Waals surface area contributed by atoms with Crippen molar-refractivity contribution in [2.45, 2.75) is 46.5 Å². The van der Waals surface area contributed by atoms with E-state index >= 15 is 0 Å². The summed E-state index contributed by atoms with van der Waals surface area (Å²) in [5.41, 5.74) is 0. The van der Waals surface area contributed by atoms with Gasteiger partial charge in [0, 0.05) is 0 Å². The van der Waals surface area contributed by atoms with E-state index in [2.05, 4.69) is 32.9 Å².